The topological polar surface area (TPSA) is 103 Å². The van der Waals surface area contributed by atoms with Gasteiger partial charge >= 0.3 is 0 Å². The second kappa shape index (κ2) is 9.44. The van der Waals surface area contributed by atoms with Crippen molar-refractivity contribution >= 4 is 22.7 Å². The van der Waals surface area contributed by atoms with Gasteiger partial charge < -0.3 is 10.2 Å². The third-order valence-corrected chi connectivity index (χ3v) is 7.84. The summed E-state index contributed by atoms with van der Waals surface area (Å²) < 4.78 is 4.91. The number of aromatic nitrogens is 6. The molecule has 0 unspecified atom stereocenters. The summed E-state index contributed by atoms with van der Waals surface area (Å²) in [5, 5.41) is 8.42. The van der Waals surface area contributed by atoms with Crippen molar-refractivity contribution in [3.63, 3.8) is 0 Å². The lowest BCUT2D eigenvalue weighted by atomic mass is 9.87. The van der Waals surface area contributed by atoms with Crippen LogP contribution in [0.3, 0.4) is 0 Å². The van der Waals surface area contributed by atoms with Crippen molar-refractivity contribution in [3.05, 3.63) is 68.4 Å². The van der Waals surface area contributed by atoms with Gasteiger partial charge in [-0.15, -0.1) is 5.10 Å². The van der Waals surface area contributed by atoms with E-state index in [4.69, 9.17) is 4.98 Å². The first-order chi connectivity index (χ1) is 18.6. The second-order valence-electron chi connectivity index (χ2n) is 12.0. The quantitative estimate of drug-likeness (QED) is 0.416. The normalized spacial score (nSPS) is 17.2. The van der Waals surface area contributed by atoms with E-state index in [2.05, 4.69) is 52.5 Å². The third-order valence-electron chi connectivity index (χ3n) is 7.84. The Bertz CT molecular complexity index is 1660. The first kappa shape index (κ1) is 25.5. The van der Waals surface area contributed by atoms with E-state index < -0.39 is 5.54 Å². The summed E-state index contributed by atoms with van der Waals surface area (Å²) in [5.41, 5.74) is 3.17. The molecule has 39 heavy (non-hydrogen) atoms. The number of fused-ring (bicyclic) bond motifs is 1. The maximum Gasteiger partial charge on any atom is 0.278 e. The molecule has 0 spiro atoms. The zero-order valence-corrected chi connectivity index (χ0v) is 23.3. The maximum atomic E-state index is 13.4. The molecule has 0 bridgehead atoms. The number of aryl methyl sites for hydroxylation is 1. The molecule has 10 nitrogen and oxygen atoms in total. The van der Waals surface area contributed by atoms with Crippen molar-refractivity contribution in [1.82, 2.24) is 34.0 Å². The highest BCUT2D eigenvalue weighted by Gasteiger charge is 2.32. The van der Waals surface area contributed by atoms with Gasteiger partial charge in [-0.1, -0.05) is 6.07 Å². The molecule has 204 valence electrons. The fraction of sp³-hybridized carbons (Fsp3) is 0.483. The van der Waals surface area contributed by atoms with Gasteiger partial charge in [0.05, 0.1) is 11.6 Å². The van der Waals surface area contributed by atoms with Gasteiger partial charge in [0, 0.05) is 18.0 Å². The predicted molar refractivity (Wildman–Crippen MR) is 152 cm³/mol. The molecule has 2 aliphatic rings. The molecule has 1 saturated carbocycles. The van der Waals surface area contributed by atoms with Crippen molar-refractivity contribution in [3.8, 4) is 5.82 Å². The number of piperidine rings is 1. The lowest BCUT2D eigenvalue weighted by Crippen LogP contribution is -2.36. The van der Waals surface area contributed by atoms with Gasteiger partial charge in [0.25, 0.3) is 11.1 Å². The van der Waals surface area contributed by atoms with Crippen LogP contribution in [0.5, 0.6) is 0 Å². The Morgan fingerprint density at radius 1 is 1.00 bits per heavy atom. The van der Waals surface area contributed by atoms with Crippen LogP contribution >= 0.6 is 0 Å². The molecule has 0 atom stereocenters. The lowest BCUT2D eigenvalue weighted by Gasteiger charge is -2.30. The van der Waals surface area contributed by atoms with Crippen molar-refractivity contribution < 1.29 is 0 Å². The molecular formula is C29H36N8O2. The highest BCUT2D eigenvalue weighted by Crippen LogP contribution is 2.36. The molecular weight excluding hydrogens is 492 g/mol. The summed E-state index contributed by atoms with van der Waals surface area (Å²) in [7, 11) is 2.18. The molecule has 6 rings (SSSR count). The molecule has 1 saturated heterocycles. The van der Waals surface area contributed by atoms with Crippen molar-refractivity contribution in [2.24, 2.45) is 0 Å². The zero-order valence-electron chi connectivity index (χ0n) is 23.3. The summed E-state index contributed by atoms with van der Waals surface area (Å²) >= 11 is 0. The van der Waals surface area contributed by atoms with Crippen LogP contribution in [0.4, 0.5) is 11.6 Å². The van der Waals surface area contributed by atoms with Crippen LogP contribution in [-0.4, -0.2) is 54.1 Å². The number of anilines is 2. The average Bonchev–Trinajstić information content (AvgIpc) is 3.68. The van der Waals surface area contributed by atoms with Gasteiger partial charge in [-0.2, -0.15) is 4.98 Å². The summed E-state index contributed by atoms with van der Waals surface area (Å²) in [6, 6.07) is 9.67. The van der Waals surface area contributed by atoms with Crippen LogP contribution < -0.4 is 16.4 Å². The number of rotatable bonds is 5. The van der Waals surface area contributed by atoms with Gasteiger partial charge in [-0.05, 0) is 109 Å². The van der Waals surface area contributed by atoms with E-state index >= 15 is 0 Å². The van der Waals surface area contributed by atoms with Crippen LogP contribution in [0.2, 0.25) is 0 Å². The van der Waals surface area contributed by atoms with Crippen LogP contribution in [-0.2, 0) is 5.54 Å². The fourth-order valence-electron chi connectivity index (χ4n) is 5.58. The maximum absolute atomic E-state index is 13.4. The van der Waals surface area contributed by atoms with Crippen LogP contribution in [0.15, 0.2) is 46.1 Å². The Morgan fingerprint density at radius 2 is 1.74 bits per heavy atom. The summed E-state index contributed by atoms with van der Waals surface area (Å²) in [6.07, 6.45) is 5.76. The average molecular weight is 529 g/mol. The molecule has 0 amide bonds. The fourth-order valence-corrected chi connectivity index (χ4v) is 5.58. The largest absolute Gasteiger partial charge is 0.324 e. The monoisotopic (exact) mass is 528 g/mol. The lowest BCUT2D eigenvalue weighted by molar-refractivity contribution is 0.255. The summed E-state index contributed by atoms with van der Waals surface area (Å²) in [5.74, 6) is 1.47. The Hall–Kier alpha value is -3.79. The molecule has 1 N–H and O–H groups in total. The van der Waals surface area contributed by atoms with Crippen LogP contribution in [0.25, 0.3) is 16.9 Å². The van der Waals surface area contributed by atoms with Crippen molar-refractivity contribution in [2.75, 3.05) is 25.5 Å². The highest BCUT2D eigenvalue weighted by atomic mass is 16.1. The van der Waals surface area contributed by atoms with Crippen LogP contribution in [0.1, 0.15) is 69.5 Å². The number of likely N-dealkylation sites (tertiary alicyclic amines) is 1. The Labute approximate surface area is 227 Å². The molecule has 0 radical (unpaired) electrons. The van der Waals surface area contributed by atoms with E-state index in [9.17, 15) is 9.59 Å². The number of nitrogens with zero attached hydrogens (tertiary/aromatic N) is 7. The Balaban J connectivity index is 1.39. The first-order valence-electron chi connectivity index (χ1n) is 13.8. The molecule has 1 aliphatic heterocycles. The molecule has 3 aromatic heterocycles. The van der Waals surface area contributed by atoms with E-state index in [1.165, 1.54) is 34.7 Å². The smallest absolute Gasteiger partial charge is 0.278 e. The van der Waals surface area contributed by atoms with Crippen molar-refractivity contribution in [1.29, 1.82) is 0 Å². The molecule has 1 aliphatic carbocycles. The number of nitrogens with one attached hydrogen (secondary N) is 1. The van der Waals surface area contributed by atoms with Crippen LogP contribution in [0, 0.1) is 6.92 Å². The first-order valence-corrected chi connectivity index (χ1v) is 13.8. The third kappa shape index (κ3) is 4.78. The number of benzene rings is 1. The molecule has 10 heteroatoms. The highest BCUT2D eigenvalue weighted by molar-refractivity contribution is 5.77. The molecule has 4 aromatic rings. The van der Waals surface area contributed by atoms with E-state index in [-0.39, 0.29) is 17.2 Å². The molecule has 1 aromatic carbocycles. The zero-order chi connectivity index (χ0) is 27.5. The van der Waals surface area contributed by atoms with Gasteiger partial charge in [-0.3, -0.25) is 9.59 Å². The minimum atomic E-state index is -0.514. The van der Waals surface area contributed by atoms with Gasteiger partial charge in [-0.25, -0.2) is 19.0 Å². The van der Waals surface area contributed by atoms with Gasteiger partial charge in [0.1, 0.15) is 5.39 Å². The van der Waals surface area contributed by atoms with Gasteiger partial charge in [0.15, 0.2) is 11.5 Å². The Morgan fingerprint density at radius 3 is 2.41 bits per heavy atom. The summed E-state index contributed by atoms with van der Waals surface area (Å²) in [6.45, 7) is 10.2. The van der Waals surface area contributed by atoms with Crippen molar-refractivity contribution in [2.45, 2.75) is 70.9 Å². The minimum Gasteiger partial charge on any atom is -0.324 e. The van der Waals surface area contributed by atoms with E-state index in [1.54, 1.807) is 21.6 Å². The SMILES string of the molecule is Cc1cc(Nc2ncc3c(=O)n(C4CC4)n(-c4ccc(=O)n(C(C)(C)C)n4)c3n2)ccc1C1CCN(C)CC1. The van der Waals surface area contributed by atoms with E-state index in [1.807, 2.05) is 20.8 Å². The molecule has 2 fully saturated rings. The number of hydrogen-bond acceptors (Lipinski definition) is 7. The summed E-state index contributed by atoms with van der Waals surface area (Å²) in [4.78, 5) is 37.6. The van der Waals surface area contributed by atoms with E-state index in [0.29, 0.717) is 28.7 Å². The Kier molecular flexibility index (Phi) is 6.17. The predicted octanol–water partition coefficient (Wildman–Crippen LogP) is 4.09. The standard InChI is InChI=1S/C29H36N8O2/c1-18-16-20(6-9-22(18)19-12-14-34(5)15-13-19)31-28-30-17-23-26(32-28)36(35(27(23)39)21-7-8-21)24-10-11-25(38)37(33-24)29(2,3)4/h6,9-11,16-17,19,21H,7-8,12-15H2,1-5H3,(H,30,31,32). The van der Waals surface area contributed by atoms with E-state index in [0.717, 1.165) is 31.6 Å². The number of hydrogen-bond donors (Lipinski definition) is 1. The van der Waals surface area contributed by atoms with Gasteiger partial charge in [0.2, 0.25) is 5.95 Å². The second-order valence-corrected chi connectivity index (χ2v) is 12.0. The minimum absolute atomic E-state index is 0.0784. The molecule has 4 heterocycles.